The summed E-state index contributed by atoms with van der Waals surface area (Å²) >= 11 is 0. The smallest absolute Gasteiger partial charge is 0.226 e. The summed E-state index contributed by atoms with van der Waals surface area (Å²) in [5, 5.41) is 11.9. The molecule has 3 aromatic rings. The van der Waals surface area contributed by atoms with E-state index in [0.717, 1.165) is 27.8 Å². The zero-order valence-electron chi connectivity index (χ0n) is 13.9. The van der Waals surface area contributed by atoms with Gasteiger partial charge in [-0.3, -0.25) is 9.89 Å². The predicted octanol–water partition coefficient (Wildman–Crippen LogP) is 3.21. The number of H-pyrrole nitrogens is 1. The van der Waals surface area contributed by atoms with E-state index in [1.807, 2.05) is 38.1 Å². The van der Waals surface area contributed by atoms with Gasteiger partial charge in [0, 0.05) is 24.0 Å². The molecule has 2 N–H and O–H groups in total. The Kier molecular flexibility index (Phi) is 4.79. The van der Waals surface area contributed by atoms with E-state index in [0.29, 0.717) is 6.54 Å². The molecule has 3 rings (SSSR count). The molecule has 0 fully saturated rings. The van der Waals surface area contributed by atoms with E-state index >= 15 is 0 Å². The minimum absolute atomic E-state index is 0.0531. The third kappa shape index (κ3) is 3.74. The Morgan fingerprint density at radius 3 is 2.79 bits per heavy atom. The first-order valence-electron chi connectivity index (χ1n) is 8.05. The second-order valence-electron chi connectivity index (χ2n) is 5.97. The van der Waals surface area contributed by atoms with E-state index in [1.54, 1.807) is 12.3 Å². The molecule has 0 aliphatic carbocycles. The molecule has 0 aliphatic heterocycles. The SMILES string of the molecule is CC(C)Oc1ccc2ccccc2c1CNC(=O)Cc1ccn[nH]1. The van der Waals surface area contributed by atoms with E-state index in [2.05, 4.69) is 27.6 Å². The summed E-state index contributed by atoms with van der Waals surface area (Å²) in [5.41, 5.74) is 1.80. The van der Waals surface area contributed by atoms with Crippen LogP contribution < -0.4 is 10.1 Å². The number of aromatic amines is 1. The van der Waals surface area contributed by atoms with Crippen LogP contribution in [0.3, 0.4) is 0 Å². The fourth-order valence-corrected chi connectivity index (χ4v) is 2.67. The highest BCUT2D eigenvalue weighted by Gasteiger charge is 2.12. The number of nitrogens with one attached hydrogen (secondary N) is 2. The lowest BCUT2D eigenvalue weighted by atomic mass is 10.0. The van der Waals surface area contributed by atoms with Gasteiger partial charge in [0.05, 0.1) is 12.5 Å². The van der Waals surface area contributed by atoms with Gasteiger partial charge in [0.2, 0.25) is 5.91 Å². The minimum atomic E-state index is -0.0531. The minimum Gasteiger partial charge on any atom is -0.491 e. The molecule has 1 amide bonds. The number of nitrogens with zero attached hydrogens (tertiary/aromatic N) is 1. The number of rotatable bonds is 6. The molecule has 2 aromatic carbocycles. The van der Waals surface area contributed by atoms with Gasteiger partial charge < -0.3 is 10.1 Å². The van der Waals surface area contributed by atoms with E-state index < -0.39 is 0 Å². The van der Waals surface area contributed by atoms with Gasteiger partial charge in [0.25, 0.3) is 0 Å². The first-order chi connectivity index (χ1) is 11.6. The van der Waals surface area contributed by atoms with Gasteiger partial charge in [-0.15, -0.1) is 0 Å². The number of ether oxygens (including phenoxy) is 1. The molecule has 0 saturated carbocycles. The Labute approximate surface area is 141 Å². The monoisotopic (exact) mass is 323 g/mol. The van der Waals surface area contributed by atoms with Crippen LogP contribution in [0.2, 0.25) is 0 Å². The number of carbonyl (C=O) groups excluding carboxylic acids is 1. The molecule has 1 aromatic heterocycles. The maximum Gasteiger partial charge on any atom is 0.226 e. The standard InChI is InChI=1S/C19H21N3O2/c1-13(2)24-18-8-7-14-5-3-4-6-16(14)17(18)12-20-19(23)11-15-9-10-21-22-15/h3-10,13H,11-12H2,1-2H3,(H,20,23)(H,21,22). The molecule has 24 heavy (non-hydrogen) atoms. The van der Waals surface area contributed by atoms with Crippen molar-refractivity contribution < 1.29 is 9.53 Å². The van der Waals surface area contributed by atoms with Gasteiger partial charge in [-0.1, -0.05) is 30.3 Å². The number of benzene rings is 2. The maximum absolute atomic E-state index is 12.2. The summed E-state index contributed by atoms with van der Waals surface area (Å²) in [5.74, 6) is 0.758. The van der Waals surface area contributed by atoms with Crippen molar-refractivity contribution in [2.75, 3.05) is 0 Å². The highest BCUT2D eigenvalue weighted by Crippen LogP contribution is 2.28. The van der Waals surface area contributed by atoms with Crippen molar-refractivity contribution in [3.8, 4) is 5.75 Å². The molecule has 0 atom stereocenters. The first-order valence-corrected chi connectivity index (χ1v) is 8.05. The van der Waals surface area contributed by atoms with Crippen molar-refractivity contribution in [3.05, 3.63) is 59.9 Å². The topological polar surface area (TPSA) is 67.0 Å². The molecule has 0 bridgehead atoms. The van der Waals surface area contributed by atoms with Crippen molar-refractivity contribution in [2.45, 2.75) is 32.9 Å². The molecule has 5 nitrogen and oxygen atoms in total. The van der Waals surface area contributed by atoms with Crippen LogP contribution >= 0.6 is 0 Å². The zero-order valence-corrected chi connectivity index (χ0v) is 13.9. The van der Waals surface area contributed by atoms with Crippen LogP contribution in [0.4, 0.5) is 0 Å². The van der Waals surface area contributed by atoms with Gasteiger partial charge in [-0.2, -0.15) is 5.10 Å². The number of hydrogen-bond acceptors (Lipinski definition) is 3. The maximum atomic E-state index is 12.2. The molecule has 0 unspecified atom stereocenters. The Bertz CT molecular complexity index is 826. The Morgan fingerprint density at radius 2 is 2.04 bits per heavy atom. The van der Waals surface area contributed by atoms with Crippen LogP contribution in [0, 0.1) is 0 Å². The third-order valence-corrected chi connectivity index (χ3v) is 3.73. The quantitative estimate of drug-likeness (QED) is 0.732. The molecular formula is C19H21N3O2. The van der Waals surface area contributed by atoms with Crippen molar-refractivity contribution in [2.24, 2.45) is 0 Å². The predicted molar refractivity (Wildman–Crippen MR) is 93.9 cm³/mol. The van der Waals surface area contributed by atoms with Gasteiger partial charge in [-0.25, -0.2) is 0 Å². The third-order valence-electron chi connectivity index (χ3n) is 3.73. The van der Waals surface area contributed by atoms with Crippen LogP contribution in [0.15, 0.2) is 48.7 Å². The highest BCUT2D eigenvalue weighted by molar-refractivity contribution is 5.88. The molecule has 5 heteroatoms. The van der Waals surface area contributed by atoms with Gasteiger partial charge in [0.1, 0.15) is 5.75 Å². The van der Waals surface area contributed by atoms with Crippen molar-refractivity contribution >= 4 is 16.7 Å². The molecule has 1 heterocycles. The zero-order chi connectivity index (χ0) is 16.9. The molecule has 0 spiro atoms. The summed E-state index contributed by atoms with van der Waals surface area (Å²) in [6.45, 7) is 4.42. The van der Waals surface area contributed by atoms with E-state index in [-0.39, 0.29) is 18.4 Å². The molecule has 0 radical (unpaired) electrons. The summed E-state index contributed by atoms with van der Waals surface area (Å²) in [7, 11) is 0. The van der Waals surface area contributed by atoms with E-state index in [9.17, 15) is 4.79 Å². The number of amides is 1. The second-order valence-corrected chi connectivity index (χ2v) is 5.97. The fourth-order valence-electron chi connectivity index (χ4n) is 2.67. The molecular weight excluding hydrogens is 302 g/mol. The Morgan fingerprint density at radius 1 is 1.21 bits per heavy atom. The van der Waals surface area contributed by atoms with Crippen LogP contribution in [0.1, 0.15) is 25.1 Å². The number of hydrogen-bond donors (Lipinski definition) is 2. The average Bonchev–Trinajstić information content (AvgIpc) is 3.06. The second kappa shape index (κ2) is 7.17. The number of carbonyl (C=O) groups is 1. The molecule has 0 aliphatic rings. The van der Waals surface area contributed by atoms with Crippen LogP contribution in [0.25, 0.3) is 10.8 Å². The largest absolute Gasteiger partial charge is 0.491 e. The lowest BCUT2D eigenvalue weighted by Crippen LogP contribution is -2.25. The number of aromatic nitrogens is 2. The van der Waals surface area contributed by atoms with Gasteiger partial charge >= 0.3 is 0 Å². The first kappa shape index (κ1) is 16.1. The summed E-state index contributed by atoms with van der Waals surface area (Å²) in [6.07, 6.45) is 2.00. The average molecular weight is 323 g/mol. The Hall–Kier alpha value is -2.82. The summed E-state index contributed by atoms with van der Waals surface area (Å²) in [6, 6.07) is 13.9. The fraction of sp³-hybridized carbons (Fsp3) is 0.263. The van der Waals surface area contributed by atoms with Gasteiger partial charge in [0.15, 0.2) is 0 Å². The highest BCUT2D eigenvalue weighted by atomic mass is 16.5. The molecule has 0 saturated heterocycles. The Balaban J connectivity index is 1.82. The lowest BCUT2D eigenvalue weighted by molar-refractivity contribution is -0.120. The lowest BCUT2D eigenvalue weighted by Gasteiger charge is -2.17. The summed E-state index contributed by atoms with van der Waals surface area (Å²) < 4.78 is 5.92. The summed E-state index contributed by atoms with van der Waals surface area (Å²) in [4.78, 5) is 12.2. The van der Waals surface area contributed by atoms with Crippen molar-refractivity contribution in [3.63, 3.8) is 0 Å². The van der Waals surface area contributed by atoms with Crippen LogP contribution in [0.5, 0.6) is 5.75 Å². The molecule has 124 valence electrons. The van der Waals surface area contributed by atoms with Crippen molar-refractivity contribution in [1.29, 1.82) is 0 Å². The van der Waals surface area contributed by atoms with Crippen molar-refractivity contribution in [1.82, 2.24) is 15.5 Å². The van der Waals surface area contributed by atoms with Crippen LogP contribution in [-0.4, -0.2) is 22.2 Å². The van der Waals surface area contributed by atoms with Crippen LogP contribution in [-0.2, 0) is 17.8 Å². The number of fused-ring (bicyclic) bond motifs is 1. The van der Waals surface area contributed by atoms with Gasteiger partial charge in [-0.05, 0) is 36.8 Å². The normalized spacial score (nSPS) is 11.0. The van der Waals surface area contributed by atoms with E-state index in [4.69, 9.17) is 4.74 Å². The van der Waals surface area contributed by atoms with E-state index in [1.165, 1.54) is 0 Å².